The fraction of sp³-hybridized carbons (Fsp3) is 0.208. The molecule has 1 aromatic heterocycles. The minimum atomic E-state index is -5.00. The Bertz CT molecular complexity index is 1510. The Kier molecular flexibility index (Phi) is 7.81. The van der Waals surface area contributed by atoms with Crippen LogP contribution in [0.4, 0.5) is 31.1 Å². The van der Waals surface area contributed by atoms with Crippen molar-refractivity contribution in [2.24, 2.45) is 15.7 Å². The van der Waals surface area contributed by atoms with E-state index < -0.39 is 41.2 Å². The molecule has 1 aliphatic heterocycles. The number of nitrogens with zero attached hydrogens (tertiary/aromatic N) is 5. The van der Waals surface area contributed by atoms with E-state index in [9.17, 15) is 35.9 Å². The Hall–Kier alpha value is -4.14. The number of carbonyl (C=O) groups is 2. The molecule has 3 aromatic rings. The van der Waals surface area contributed by atoms with Gasteiger partial charge in [-0.05, 0) is 53.2 Å². The highest BCUT2D eigenvalue weighted by Gasteiger charge is 2.38. The molecule has 1 fully saturated rings. The smallest absolute Gasteiger partial charge is 0.390 e. The molecule has 0 radical (unpaired) electrons. The summed E-state index contributed by atoms with van der Waals surface area (Å²) in [4.78, 5) is 33.6. The van der Waals surface area contributed by atoms with Crippen molar-refractivity contribution >= 4 is 52.6 Å². The van der Waals surface area contributed by atoms with E-state index in [1.165, 1.54) is 23.3 Å². The van der Waals surface area contributed by atoms with Gasteiger partial charge in [0.1, 0.15) is 6.34 Å². The SMILES string of the molecule is NC=NC=NCCN1C(=O)S/C(=C\c2ccc3c(cnn3Cc3ccc(C(F)(F)F)cc3C(F)(F)F)c2)C1=O. The van der Waals surface area contributed by atoms with Gasteiger partial charge >= 0.3 is 12.4 Å². The number of rotatable bonds is 7. The van der Waals surface area contributed by atoms with Crippen molar-refractivity contribution in [2.45, 2.75) is 18.9 Å². The van der Waals surface area contributed by atoms with E-state index in [0.29, 0.717) is 22.5 Å². The van der Waals surface area contributed by atoms with E-state index in [0.717, 1.165) is 29.1 Å². The second-order valence-electron chi connectivity index (χ2n) is 8.14. The molecule has 0 spiro atoms. The molecule has 0 bridgehead atoms. The summed E-state index contributed by atoms with van der Waals surface area (Å²) in [5.74, 6) is -0.500. The van der Waals surface area contributed by atoms with Crippen LogP contribution < -0.4 is 5.73 Å². The van der Waals surface area contributed by atoms with Crippen molar-refractivity contribution < 1.29 is 35.9 Å². The molecule has 2 amide bonds. The highest BCUT2D eigenvalue weighted by Crippen LogP contribution is 2.38. The molecule has 0 saturated carbocycles. The van der Waals surface area contributed by atoms with Crippen LogP contribution in [0.15, 0.2) is 57.5 Å². The highest BCUT2D eigenvalue weighted by atomic mass is 32.2. The summed E-state index contributed by atoms with van der Waals surface area (Å²) >= 11 is 0.754. The maximum Gasteiger partial charge on any atom is 0.416 e. The Balaban J connectivity index is 1.55. The summed E-state index contributed by atoms with van der Waals surface area (Å²) in [5.41, 5.74) is 2.87. The standard InChI is InChI=1S/C24H18F6N6O2S/c25-23(26,27)17-3-2-15(18(9-17)24(28,29)30)11-36-19-4-1-14(7-16(19)10-34-36)8-20-21(37)35(22(38)39-20)6-5-32-13-33-12-31/h1-4,7-10,12-13H,5-6,11H2,(H2,31,32,33)/b20-8-. The van der Waals surface area contributed by atoms with Gasteiger partial charge in [0.25, 0.3) is 11.1 Å². The lowest BCUT2D eigenvalue weighted by Crippen LogP contribution is -2.30. The molecule has 0 unspecified atom stereocenters. The number of aliphatic imine (C=N–C) groups is 2. The zero-order valence-electron chi connectivity index (χ0n) is 19.7. The molecular weight excluding hydrogens is 550 g/mol. The lowest BCUT2D eigenvalue weighted by atomic mass is 10.0. The van der Waals surface area contributed by atoms with Crippen molar-refractivity contribution in [1.82, 2.24) is 14.7 Å². The van der Waals surface area contributed by atoms with E-state index >= 15 is 0 Å². The van der Waals surface area contributed by atoms with Gasteiger partial charge in [0, 0.05) is 11.9 Å². The van der Waals surface area contributed by atoms with Crippen LogP contribution in [0.1, 0.15) is 22.3 Å². The van der Waals surface area contributed by atoms with Gasteiger partial charge in [-0.3, -0.25) is 24.2 Å². The third-order valence-corrected chi connectivity index (χ3v) is 6.49. The molecule has 4 rings (SSSR count). The van der Waals surface area contributed by atoms with Crippen LogP contribution in [-0.2, 0) is 23.7 Å². The van der Waals surface area contributed by atoms with Crippen LogP contribution in [0.25, 0.3) is 17.0 Å². The second-order valence-corrected chi connectivity index (χ2v) is 9.13. The summed E-state index contributed by atoms with van der Waals surface area (Å²) in [6.07, 6.45) is -4.79. The average molecular weight is 569 g/mol. The first kappa shape index (κ1) is 27.9. The summed E-state index contributed by atoms with van der Waals surface area (Å²) in [5, 5.41) is 4.14. The largest absolute Gasteiger partial charge is 0.416 e. The molecule has 39 heavy (non-hydrogen) atoms. The number of hydrogen-bond donors (Lipinski definition) is 1. The minimum Gasteiger partial charge on any atom is -0.390 e. The molecule has 204 valence electrons. The Labute approximate surface area is 220 Å². The first-order chi connectivity index (χ1) is 18.4. The van der Waals surface area contributed by atoms with Gasteiger partial charge in [-0.15, -0.1) is 0 Å². The zero-order valence-corrected chi connectivity index (χ0v) is 20.5. The third-order valence-electron chi connectivity index (χ3n) is 5.59. The molecule has 8 nitrogen and oxygen atoms in total. The number of benzene rings is 2. The Morgan fingerprint density at radius 2 is 1.79 bits per heavy atom. The molecule has 2 heterocycles. The normalized spacial score (nSPS) is 16.2. The number of hydrogen-bond acceptors (Lipinski definition) is 5. The molecule has 2 N–H and O–H groups in total. The van der Waals surface area contributed by atoms with Crippen LogP contribution in [0.2, 0.25) is 0 Å². The first-order valence-corrected chi connectivity index (χ1v) is 11.9. The van der Waals surface area contributed by atoms with E-state index in [4.69, 9.17) is 5.73 Å². The number of fused-ring (bicyclic) bond motifs is 1. The number of thioether (sulfide) groups is 1. The zero-order chi connectivity index (χ0) is 28.4. The van der Waals surface area contributed by atoms with Crippen LogP contribution in [0, 0.1) is 0 Å². The lowest BCUT2D eigenvalue weighted by molar-refractivity contribution is -0.143. The number of nitrogens with two attached hydrogens (primary N) is 1. The van der Waals surface area contributed by atoms with Gasteiger partial charge in [-0.1, -0.05) is 12.1 Å². The maximum atomic E-state index is 13.5. The Morgan fingerprint density at radius 1 is 1.03 bits per heavy atom. The van der Waals surface area contributed by atoms with E-state index in [2.05, 4.69) is 15.1 Å². The predicted octanol–water partition coefficient (Wildman–Crippen LogP) is 5.17. The van der Waals surface area contributed by atoms with Crippen LogP contribution in [-0.4, -0.2) is 51.6 Å². The lowest BCUT2D eigenvalue weighted by Gasteiger charge is -2.16. The minimum absolute atomic E-state index is 0.0499. The fourth-order valence-corrected chi connectivity index (χ4v) is 4.65. The monoisotopic (exact) mass is 568 g/mol. The molecule has 0 atom stereocenters. The number of amides is 2. The molecule has 1 aliphatic rings. The van der Waals surface area contributed by atoms with Crippen molar-refractivity contribution in [3.8, 4) is 0 Å². The van der Waals surface area contributed by atoms with E-state index in [1.54, 1.807) is 18.2 Å². The van der Waals surface area contributed by atoms with Gasteiger partial charge in [0.15, 0.2) is 0 Å². The van der Waals surface area contributed by atoms with Gasteiger partial charge in [0.2, 0.25) is 0 Å². The maximum absolute atomic E-state index is 13.5. The van der Waals surface area contributed by atoms with Gasteiger partial charge in [0.05, 0.1) is 47.2 Å². The molecule has 2 aromatic carbocycles. The van der Waals surface area contributed by atoms with Crippen LogP contribution in [0.5, 0.6) is 0 Å². The molecule has 0 aliphatic carbocycles. The van der Waals surface area contributed by atoms with Gasteiger partial charge in [-0.25, -0.2) is 4.99 Å². The van der Waals surface area contributed by atoms with Crippen molar-refractivity contribution in [1.29, 1.82) is 0 Å². The van der Waals surface area contributed by atoms with Gasteiger partial charge in [-0.2, -0.15) is 31.4 Å². The van der Waals surface area contributed by atoms with E-state index in [-0.39, 0.29) is 29.6 Å². The highest BCUT2D eigenvalue weighted by molar-refractivity contribution is 8.18. The number of imide groups is 1. The second kappa shape index (κ2) is 10.9. The fourth-order valence-electron chi connectivity index (χ4n) is 3.78. The van der Waals surface area contributed by atoms with Crippen LogP contribution >= 0.6 is 11.8 Å². The van der Waals surface area contributed by atoms with Crippen molar-refractivity contribution in [3.63, 3.8) is 0 Å². The number of halogens is 6. The van der Waals surface area contributed by atoms with Crippen molar-refractivity contribution in [3.05, 3.63) is 69.8 Å². The summed E-state index contributed by atoms with van der Waals surface area (Å²) in [7, 11) is 0. The molecule has 15 heteroatoms. The first-order valence-electron chi connectivity index (χ1n) is 11.1. The molecule has 1 saturated heterocycles. The quantitative estimate of drug-likeness (QED) is 0.183. The number of carbonyl (C=O) groups excluding carboxylic acids is 2. The Morgan fingerprint density at radius 3 is 2.49 bits per heavy atom. The van der Waals surface area contributed by atoms with Crippen molar-refractivity contribution in [2.75, 3.05) is 13.1 Å². The number of alkyl halides is 6. The van der Waals surface area contributed by atoms with E-state index in [1.807, 2.05) is 0 Å². The topological polar surface area (TPSA) is 106 Å². The van der Waals surface area contributed by atoms with Crippen LogP contribution in [0.3, 0.4) is 0 Å². The predicted molar refractivity (Wildman–Crippen MR) is 134 cm³/mol. The summed E-state index contributed by atoms with van der Waals surface area (Å²) in [6.45, 7) is -0.231. The molecular formula is C24H18F6N6O2S. The van der Waals surface area contributed by atoms with Gasteiger partial charge < -0.3 is 5.73 Å². The summed E-state index contributed by atoms with van der Waals surface area (Å²) in [6, 6.07) is 6.25. The summed E-state index contributed by atoms with van der Waals surface area (Å²) < 4.78 is 80.8. The number of aromatic nitrogens is 2. The third kappa shape index (κ3) is 6.30. The average Bonchev–Trinajstić information content (AvgIpc) is 3.37.